The third-order valence-electron chi connectivity index (χ3n) is 2.68. The van der Waals surface area contributed by atoms with E-state index in [-0.39, 0.29) is 0 Å². The van der Waals surface area contributed by atoms with Crippen LogP contribution in [0.4, 0.5) is 0 Å². The molecule has 14 heavy (non-hydrogen) atoms. The summed E-state index contributed by atoms with van der Waals surface area (Å²) in [6.45, 7) is 1.52. The van der Waals surface area contributed by atoms with E-state index in [0.717, 1.165) is 19.0 Å². The molecule has 84 valence electrons. The summed E-state index contributed by atoms with van der Waals surface area (Å²) >= 11 is 2.08. The van der Waals surface area contributed by atoms with Crippen molar-refractivity contribution < 1.29 is 5.11 Å². The van der Waals surface area contributed by atoms with Crippen molar-refractivity contribution in [1.82, 2.24) is 5.32 Å². The standard InChI is InChI=1S/C11H23NOS/c13-8-4-2-1-3-7-12-11-6-5-9-14-10-11/h11-13H,1-10H2. The Morgan fingerprint density at radius 2 is 2.07 bits per heavy atom. The lowest BCUT2D eigenvalue weighted by Crippen LogP contribution is -2.34. The van der Waals surface area contributed by atoms with Gasteiger partial charge >= 0.3 is 0 Å². The first kappa shape index (κ1) is 12.3. The predicted octanol–water partition coefficient (Wildman–Crippen LogP) is 2.02. The Morgan fingerprint density at radius 1 is 1.21 bits per heavy atom. The van der Waals surface area contributed by atoms with Crippen LogP contribution in [0.25, 0.3) is 0 Å². The first-order valence-corrected chi connectivity index (χ1v) is 7.01. The minimum Gasteiger partial charge on any atom is -0.396 e. The van der Waals surface area contributed by atoms with Crippen molar-refractivity contribution in [2.24, 2.45) is 0 Å². The van der Waals surface area contributed by atoms with Crippen LogP contribution in [0, 0.1) is 0 Å². The molecule has 0 amide bonds. The Bertz CT molecular complexity index is 126. The quantitative estimate of drug-likeness (QED) is 0.640. The predicted molar refractivity (Wildman–Crippen MR) is 63.9 cm³/mol. The molecular formula is C11H23NOS. The van der Waals surface area contributed by atoms with Gasteiger partial charge in [0.1, 0.15) is 0 Å². The van der Waals surface area contributed by atoms with Gasteiger partial charge < -0.3 is 10.4 Å². The van der Waals surface area contributed by atoms with Crippen molar-refractivity contribution in [3.05, 3.63) is 0 Å². The highest BCUT2D eigenvalue weighted by Gasteiger charge is 2.11. The van der Waals surface area contributed by atoms with Crippen LogP contribution in [0.15, 0.2) is 0 Å². The molecule has 1 atom stereocenters. The van der Waals surface area contributed by atoms with Gasteiger partial charge in [-0.3, -0.25) is 0 Å². The van der Waals surface area contributed by atoms with Gasteiger partial charge in [-0.2, -0.15) is 11.8 Å². The van der Waals surface area contributed by atoms with E-state index in [0.29, 0.717) is 6.61 Å². The smallest absolute Gasteiger partial charge is 0.0431 e. The van der Waals surface area contributed by atoms with Crippen LogP contribution >= 0.6 is 11.8 Å². The maximum atomic E-state index is 8.61. The molecule has 2 N–H and O–H groups in total. The average molecular weight is 217 g/mol. The van der Waals surface area contributed by atoms with Crippen LogP contribution in [-0.4, -0.2) is 35.8 Å². The molecule has 1 aliphatic rings. The zero-order chi connectivity index (χ0) is 10.1. The minimum atomic E-state index is 0.354. The number of thioether (sulfide) groups is 1. The first-order valence-electron chi connectivity index (χ1n) is 5.85. The SMILES string of the molecule is OCCCCCCNC1CCCSC1. The van der Waals surface area contributed by atoms with Gasteiger partial charge in [0.25, 0.3) is 0 Å². The zero-order valence-electron chi connectivity index (χ0n) is 9.00. The normalized spacial score (nSPS) is 22.5. The molecule has 0 aromatic carbocycles. The van der Waals surface area contributed by atoms with E-state index in [1.54, 1.807) is 0 Å². The van der Waals surface area contributed by atoms with E-state index in [9.17, 15) is 0 Å². The van der Waals surface area contributed by atoms with Crippen molar-refractivity contribution in [1.29, 1.82) is 0 Å². The number of aliphatic hydroxyl groups excluding tert-OH is 1. The van der Waals surface area contributed by atoms with Gasteiger partial charge in [-0.1, -0.05) is 12.8 Å². The van der Waals surface area contributed by atoms with Crippen molar-refractivity contribution in [2.45, 2.75) is 44.6 Å². The average Bonchev–Trinajstić information content (AvgIpc) is 2.25. The number of aliphatic hydroxyl groups is 1. The number of hydrogen-bond donors (Lipinski definition) is 2. The van der Waals surface area contributed by atoms with Crippen molar-refractivity contribution in [3.8, 4) is 0 Å². The molecule has 3 heteroatoms. The lowest BCUT2D eigenvalue weighted by molar-refractivity contribution is 0.282. The molecule has 1 aliphatic heterocycles. The fraction of sp³-hybridized carbons (Fsp3) is 1.00. The second-order valence-corrected chi connectivity index (χ2v) is 5.16. The Hall–Kier alpha value is 0.270. The lowest BCUT2D eigenvalue weighted by Gasteiger charge is -2.22. The highest BCUT2D eigenvalue weighted by molar-refractivity contribution is 7.99. The fourth-order valence-electron chi connectivity index (χ4n) is 1.80. The summed E-state index contributed by atoms with van der Waals surface area (Å²) in [5, 5.41) is 12.2. The van der Waals surface area contributed by atoms with Gasteiger partial charge in [0.15, 0.2) is 0 Å². The largest absolute Gasteiger partial charge is 0.396 e. The Kier molecular flexibility index (Phi) is 7.55. The third kappa shape index (κ3) is 5.89. The molecule has 1 saturated heterocycles. The molecule has 1 unspecified atom stereocenters. The van der Waals surface area contributed by atoms with E-state index >= 15 is 0 Å². The fourth-order valence-corrected chi connectivity index (χ4v) is 2.90. The summed E-state index contributed by atoms with van der Waals surface area (Å²) in [5.41, 5.74) is 0. The number of rotatable bonds is 7. The number of hydrogen-bond acceptors (Lipinski definition) is 3. The van der Waals surface area contributed by atoms with Crippen LogP contribution in [0.1, 0.15) is 38.5 Å². The Labute approximate surface area is 91.9 Å². The van der Waals surface area contributed by atoms with E-state index in [1.807, 2.05) is 0 Å². The molecule has 0 aromatic rings. The van der Waals surface area contributed by atoms with Gasteiger partial charge in [-0.15, -0.1) is 0 Å². The van der Waals surface area contributed by atoms with E-state index in [4.69, 9.17) is 5.11 Å². The van der Waals surface area contributed by atoms with E-state index in [1.165, 1.54) is 43.6 Å². The lowest BCUT2D eigenvalue weighted by atomic mass is 10.1. The van der Waals surface area contributed by atoms with Crippen LogP contribution in [0.5, 0.6) is 0 Å². The first-order chi connectivity index (χ1) is 6.93. The number of unbranched alkanes of at least 4 members (excludes halogenated alkanes) is 3. The van der Waals surface area contributed by atoms with E-state index in [2.05, 4.69) is 17.1 Å². The Morgan fingerprint density at radius 3 is 2.79 bits per heavy atom. The Balaban J connectivity index is 1.82. The molecule has 2 nitrogen and oxygen atoms in total. The highest BCUT2D eigenvalue weighted by Crippen LogP contribution is 2.16. The molecule has 1 fully saturated rings. The summed E-state index contributed by atoms with van der Waals surface area (Å²) in [7, 11) is 0. The molecular weight excluding hydrogens is 194 g/mol. The van der Waals surface area contributed by atoms with Crippen LogP contribution < -0.4 is 5.32 Å². The van der Waals surface area contributed by atoms with Gasteiger partial charge in [0.05, 0.1) is 0 Å². The highest BCUT2D eigenvalue weighted by atomic mass is 32.2. The monoisotopic (exact) mass is 217 g/mol. The molecule has 0 bridgehead atoms. The summed E-state index contributed by atoms with van der Waals surface area (Å²) in [6, 6.07) is 0.770. The van der Waals surface area contributed by atoms with Gasteiger partial charge in [-0.25, -0.2) is 0 Å². The third-order valence-corrected chi connectivity index (χ3v) is 3.89. The summed E-state index contributed by atoms with van der Waals surface area (Å²) < 4.78 is 0. The number of nitrogens with one attached hydrogen (secondary N) is 1. The molecule has 0 radical (unpaired) electrons. The summed E-state index contributed by atoms with van der Waals surface area (Å²) in [5.74, 6) is 2.66. The second kappa shape index (κ2) is 8.57. The molecule has 1 rings (SSSR count). The molecule has 0 aromatic heterocycles. The summed E-state index contributed by atoms with van der Waals surface area (Å²) in [4.78, 5) is 0. The molecule has 0 aliphatic carbocycles. The van der Waals surface area contributed by atoms with Crippen molar-refractivity contribution in [2.75, 3.05) is 24.7 Å². The van der Waals surface area contributed by atoms with Crippen LogP contribution in [0.2, 0.25) is 0 Å². The van der Waals surface area contributed by atoms with Crippen molar-refractivity contribution >= 4 is 11.8 Å². The topological polar surface area (TPSA) is 32.3 Å². The van der Waals surface area contributed by atoms with Crippen LogP contribution in [-0.2, 0) is 0 Å². The minimum absolute atomic E-state index is 0.354. The van der Waals surface area contributed by atoms with Gasteiger partial charge in [0.2, 0.25) is 0 Å². The second-order valence-electron chi connectivity index (χ2n) is 4.01. The zero-order valence-corrected chi connectivity index (χ0v) is 9.82. The molecule has 1 heterocycles. The van der Waals surface area contributed by atoms with E-state index < -0.39 is 0 Å². The van der Waals surface area contributed by atoms with Gasteiger partial charge in [-0.05, 0) is 38.0 Å². The maximum Gasteiger partial charge on any atom is 0.0431 e. The molecule has 0 saturated carbocycles. The van der Waals surface area contributed by atoms with Gasteiger partial charge in [0, 0.05) is 18.4 Å². The van der Waals surface area contributed by atoms with Crippen molar-refractivity contribution in [3.63, 3.8) is 0 Å². The van der Waals surface area contributed by atoms with Crippen LogP contribution in [0.3, 0.4) is 0 Å². The molecule has 0 spiro atoms. The maximum absolute atomic E-state index is 8.61. The summed E-state index contributed by atoms with van der Waals surface area (Å²) in [6.07, 6.45) is 7.42.